The van der Waals surface area contributed by atoms with E-state index in [1.54, 1.807) is 0 Å². The molecule has 3 unspecified atom stereocenters. The first kappa shape index (κ1) is 72.9. The van der Waals surface area contributed by atoms with Crippen molar-refractivity contribution < 1.29 is 37.3 Å². The molecule has 0 saturated heterocycles. The zero-order valence-corrected chi connectivity index (χ0v) is 50.9. The number of amides is 1. The lowest BCUT2D eigenvalue weighted by molar-refractivity contribution is -0.870. The number of ether oxygens (including phenoxy) is 1. The standard InChI is InChI=1S/C66H117N2O7P/c1-7-10-13-16-19-22-25-27-29-31-32-33-34-35-36-37-39-41-44-47-50-53-56-59-66(70)75-64(57-54-51-48-45-42-24-21-18-15-12-9-3)63(62-74-76(71,72)73-61-60-68(4,5)6)67-65(69)58-55-52-49-46-43-40-38-30-28-26-23-20-17-14-11-8-2/h11,14,19-20,22-23,27-30,40,43,49,52,54,57,63-64H,7-10,12-13,15-18,21,24-26,31-39,41-42,44-48,50-51,53,55-56,58-62H2,1-6H3,(H-,67,69,71,72)/p+1/b14-11+,22-19-,23-20+,29-27-,30-28+,43-40+,52-49+,57-54-. The summed E-state index contributed by atoms with van der Waals surface area (Å²) in [4.78, 5) is 37.6. The van der Waals surface area contributed by atoms with Crippen molar-refractivity contribution in [2.75, 3.05) is 40.9 Å². The summed E-state index contributed by atoms with van der Waals surface area (Å²) in [5, 5.41) is 3.00. The van der Waals surface area contributed by atoms with Crippen molar-refractivity contribution in [3.8, 4) is 0 Å². The fourth-order valence-electron chi connectivity index (χ4n) is 8.49. The van der Waals surface area contributed by atoms with Crippen LogP contribution in [0.4, 0.5) is 0 Å². The third-order valence-electron chi connectivity index (χ3n) is 13.3. The number of nitrogens with one attached hydrogen (secondary N) is 1. The molecule has 438 valence electrons. The Morgan fingerprint density at radius 1 is 0.474 bits per heavy atom. The summed E-state index contributed by atoms with van der Waals surface area (Å²) in [6.07, 6.45) is 74.3. The summed E-state index contributed by atoms with van der Waals surface area (Å²) in [5.41, 5.74) is 0. The van der Waals surface area contributed by atoms with Gasteiger partial charge in [0.05, 0.1) is 33.8 Å². The number of quaternary nitrogens is 1. The lowest BCUT2D eigenvalue weighted by atomic mass is 10.0. The second kappa shape index (κ2) is 55.3. The highest BCUT2D eigenvalue weighted by Gasteiger charge is 2.30. The molecule has 76 heavy (non-hydrogen) atoms. The van der Waals surface area contributed by atoms with Crippen molar-refractivity contribution in [1.29, 1.82) is 0 Å². The number of carbonyl (C=O) groups excluding carboxylic acids is 2. The van der Waals surface area contributed by atoms with E-state index in [0.717, 1.165) is 77.0 Å². The summed E-state index contributed by atoms with van der Waals surface area (Å²) in [6, 6.07) is -0.892. The molecular formula is C66H118N2O7P+. The van der Waals surface area contributed by atoms with E-state index in [1.807, 2.05) is 39.4 Å². The number of carbonyl (C=O) groups is 2. The Labute approximate surface area is 468 Å². The van der Waals surface area contributed by atoms with Gasteiger partial charge >= 0.3 is 13.8 Å². The molecule has 0 fully saturated rings. The molecule has 0 radical (unpaired) electrons. The van der Waals surface area contributed by atoms with Crippen molar-refractivity contribution in [2.45, 2.75) is 270 Å². The van der Waals surface area contributed by atoms with Gasteiger partial charge < -0.3 is 19.4 Å². The zero-order valence-electron chi connectivity index (χ0n) is 50.0. The van der Waals surface area contributed by atoms with E-state index >= 15 is 0 Å². The van der Waals surface area contributed by atoms with E-state index in [1.165, 1.54) is 141 Å². The molecule has 0 heterocycles. The molecule has 0 aliphatic heterocycles. The molecule has 1 amide bonds. The molecule has 0 aliphatic rings. The molecular weight excluding hydrogens is 964 g/mol. The van der Waals surface area contributed by atoms with E-state index in [0.29, 0.717) is 17.4 Å². The largest absolute Gasteiger partial charge is 0.472 e. The first-order valence-electron chi connectivity index (χ1n) is 31.1. The van der Waals surface area contributed by atoms with E-state index in [4.69, 9.17) is 13.8 Å². The minimum atomic E-state index is -4.47. The van der Waals surface area contributed by atoms with Gasteiger partial charge in [0.15, 0.2) is 0 Å². The number of allylic oxidation sites excluding steroid dienone is 15. The van der Waals surface area contributed by atoms with Gasteiger partial charge in [-0.1, -0.05) is 247 Å². The lowest BCUT2D eigenvalue weighted by Crippen LogP contribution is -2.47. The van der Waals surface area contributed by atoms with E-state index < -0.39 is 20.0 Å². The minimum absolute atomic E-state index is 0.0232. The van der Waals surface area contributed by atoms with Crippen LogP contribution in [-0.2, 0) is 27.9 Å². The lowest BCUT2D eigenvalue weighted by Gasteiger charge is -2.27. The normalized spacial score (nSPS) is 14.4. The third-order valence-corrected chi connectivity index (χ3v) is 14.3. The molecule has 10 heteroatoms. The van der Waals surface area contributed by atoms with Crippen molar-refractivity contribution in [1.82, 2.24) is 5.32 Å². The Morgan fingerprint density at radius 2 is 0.855 bits per heavy atom. The second-order valence-corrected chi connectivity index (χ2v) is 23.3. The van der Waals surface area contributed by atoms with Crippen LogP contribution in [0.25, 0.3) is 0 Å². The van der Waals surface area contributed by atoms with Crippen LogP contribution in [0.3, 0.4) is 0 Å². The van der Waals surface area contributed by atoms with Crippen molar-refractivity contribution in [3.63, 3.8) is 0 Å². The summed E-state index contributed by atoms with van der Waals surface area (Å²) < 4.78 is 30.6. The Balaban J connectivity index is 5.24. The van der Waals surface area contributed by atoms with Crippen LogP contribution in [0.5, 0.6) is 0 Å². The van der Waals surface area contributed by atoms with Gasteiger partial charge in [-0.25, -0.2) is 4.57 Å². The van der Waals surface area contributed by atoms with Gasteiger partial charge in [0.1, 0.15) is 19.3 Å². The monoisotopic (exact) mass is 1080 g/mol. The van der Waals surface area contributed by atoms with Gasteiger partial charge in [0, 0.05) is 12.8 Å². The first-order chi connectivity index (χ1) is 36.9. The Morgan fingerprint density at radius 3 is 1.32 bits per heavy atom. The molecule has 0 aromatic carbocycles. The maximum atomic E-state index is 13.5. The highest BCUT2D eigenvalue weighted by molar-refractivity contribution is 7.47. The average molecular weight is 1080 g/mol. The average Bonchev–Trinajstić information content (AvgIpc) is 3.38. The van der Waals surface area contributed by atoms with E-state index in [9.17, 15) is 19.0 Å². The van der Waals surface area contributed by atoms with Crippen molar-refractivity contribution in [2.24, 2.45) is 0 Å². The van der Waals surface area contributed by atoms with Crippen LogP contribution in [0.2, 0.25) is 0 Å². The van der Waals surface area contributed by atoms with E-state index in [-0.39, 0.29) is 37.9 Å². The number of rotatable bonds is 55. The Hall–Kier alpha value is -3.07. The highest BCUT2D eigenvalue weighted by Crippen LogP contribution is 2.43. The van der Waals surface area contributed by atoms with Gasteiger partial charge in [-0.3, -0.25) is 18.6 Å². The number of hydrogen-bond donors (Lipinski definition) is 2. The molecule has 0 saturated carbocycles. The van der Waals surface area contributed by atoms with Gasteiger partial charge in [-0.2, -0.15) is 0 Å². The number of esters is 1. The smallest absolute Gasteiger partial charge is 0.456 e. The van der Waals surface area contributed by atoms with Crippen LogP contribution in [-0.4, -0.2) is 74.3 Å². The molecule has 0 rings (SSSR count). The fraction of sp³-hybridized carbons (Fsp3) is 0.727. The number of phosphoric ester groups is 1. The van der Waals surface area contributed by atoms with Gasteiger partial charge in [0.2, 0.25) is 5.91 Å². The molecule has 0 aliphatic carbocycles. The van der Waals surface area contributed by atoms with Crippen molar-refractivity contribution in [3.05, 3.63) is 97.2 Å². The second-order valence-electron chi connectivity index (χ2n) is 21.8. The van der Waals surface area contributed by atoms with E-state index in [2.05, 4.69) is 105 Å². The number of hydrogen-bond acceptors (Lipinski definition) is 6. The molecule has 9 nitrogen and oxygen atoms in total. The number of phosphoric acid groups is 1. The highest BCUT2D eigenvalue weighted by atomic mass is 31.2. The topological polar surface area (TPSA) is 111 Å². The Kier molecular flexibility index (Phi) is 53.0. The van der Waals surface area contributed by atoms with Crippen LogP contribution in [0.15, 0.2) is 97.2 Å². The molecule has 3 atom stereocenters. The van der Waals surface area contributed by atoms with Crippen LogP contribution in [0.1, 0.15) is 258 Å². The molecule has 0 aromatic heterocycles. The summed E-state index contributed by atoms with van der Waals surface area (Å²) in [6.45, 7) is 6.81. The fourth-order valence-corrected chi connectivity index (χ4v) is 9.22. The third kappa shape index (κ3) is 55.7. The quantitative estimate of drug-likeness (QED) is 0.0205. The predicted octanol–water partition coefficient (Wildman–Crippen LogP) is 19.2. The molecule has 0 bridgehead atoms. The molecule has 0 aromatic rings. The van der Waals surface area contributed by atoms with Crippen LogP contribution in [0, 0.1) is 0 Å². The zero-order chi connectivity index (χ0) is 55.7. The predicted molar refractivity (Wildman–Crippen MR) is 327 cm³/mol. The molecule has 2 N–H and O–H groups in total. The minimum Gasteiger partial charge on any atom is -0.456 e. The van der Waals surface area contributed by atoms with Gasteiger partial charge in [-0.15, -0.1) is 0 Å². The maximum Gasteiger partial charge on any atom is 0.472 e. The van der Waals surface area contributed by atoms with Crippen molar-refractivity contribution >= 4 is 19.7 Å². The Bertz CT molecular complexity index is 1620. The SMILES string of the molecule is CC/C=C/C/C=C/C/C=C/C/C=C/C/C=C/CCC(=O)NC(COP(=O)(O)OCC[N+](C)(C)C)C(/C=C\CCCCCCCCCCC)OC(=O)CCCCCCCCCCCCCCC/C=C\C/C=C\CCCCC. The summed E-state index contributed by atoms with van der Waals surface area (Å²) in [7, 11) is 1.44. The maximum absolute atomic E-state index is 13.5. The number of nitrogens with zero attached hydrogens (tertiary/aromatic N) is 1. The van der Waals surface area contributed by atoms with Crippen LogP contribution < -0.4 is 5.32 Å². The number of likely N-dealkylation sites (N-methyl/N-ethyl adjacent to an activating group) is 1. The number of unbranched alkanes of at least 4 members (excludes halogenated alkanes) is 25. The molecule has 0 spiro atoms. The van der Waals surface area contributed by atoms with Gasteiger partial charge in [-0.05, 0) is 96.0 Å². The summed E-state index contributed by atoms with van der Waals surface area (Å²) >= 11 is 0. The first-order valence-corrected chi connectivity index (χ1v) is 32.6. The van der Waals surface area contributed by atoms with Crippen LogP contribution >= 0.6 is 7.82 Å². The van der Waals surface area contributed by atoms with Gasteiger partial charge in [0.25, 0.3) is 0 Å². The summed E-state index contributed by atoms with van der Waals surface area (Å²) in [5.74, 6) is -0.605.